The van der Waals surface area contributed by atoms with Gasteiger partial charge in [0.15, 0.2) is 0 Å². The molecule has 2 nitrogen and oxygen atoms in total. The van der Waals surface area contributed by atoms with Crippen molar-refractivity contribution < 1.29 is 8.83 Å². The van der Waals surface area contributed by atoms with Crippen LogP contribution in [-0.2, 0) is 0 Å². The van der Waals surface area contributed by atoms with Crippen molar-refractivity contribution in [3.05, 3.63) is 170 Å². The normalized spacial score (nSPS) is 11.8. The minimum atomic E-state index is 0.884. The second-order valence-electron chi connectivity index (χ2n) is 12.4. The first-order valence-electron chi connectivity index (χ1n) is 16.3. The molecule has 0 N–H and O–H groups in total. The third kappa shape index (κ3) is 4.06. The number of fused-ring (bicyclic) bond motifs is 6. The van der Waals surface area contributed by atoms with Gasteiger partial charge < -0.3 is 8.83 Å². The number of hydrogen-bond acceptors (Lipinski definition) is 2. The van der Waals surface area contributed by atoms with Crippen molar-refractivity contribution in [3.63, 3.8) is 0 Å². The van der Waals surface area contributed by atoms with Crippen molar-refractivity contribution in [3.8, 4) is 44.7 Å². The topological polar surface area (TPSA) is 26.3 Å². The lowest BCUT2D eigenvalue weighted by atomic mass is 9.84. The van der Waals surface area contributed by atoms with Gasteiger partial charge in [-0.1, -0.05) is 140 Å². The maximum absolute atomic E-state index is 6.65. The molecule has 2 aromatic heterocycles. The van der Waals surface area contributed by atoms with Crippen LogP contribution in [-0.4, -0.2) is 0 Å². The summed E-state index contributed by atoms with van der Waals surface area (Å²) in [6.45, 7) is 0. The lowest BCUT2D eigenvalue weighted by Gasteiger charge is -2.18. The zero-order valence-electron chi connectivity index (χ0n) is 26.0. The zero-order valence-corrected chi connectivity index (χ0v) is 26.0. The smallest absolute Gasteiger partial charge is 0.143 e. The molecule has 0 bridgehead atoms. The quantitative estimate of drug-likeness (QED) is 0.185. The van der Waals surface area contributed by atoms with Crippen LogP contribution in [0, 0.1) is 0 Å². The molecule has 0 saturated carbocycles. The Bertz CT molecular complexity index is 2760. The van der Waals surface area contributed by atoms with Gasteiger partial charge in [0.2, 0.25) is 0 Å². The molecule has 8 aromatic carbocycles. The SMILES string of the molecule is c1ccc(-c2ccc3c(c2)oc2cc(-c4c5ccccc5c(-c5c(-c6ccccc6)oc6ccccc56)c5ccccc45)ccc23)cc1. The Hall–Kier alpha value is -6.38. The fourth-order valence-electron chi connectivity index (χ4n) is 7.54. The first kappa shape index (κ1) is 26.8. The average Bonchev–Trinajstić information content (AvgIpc) is 3.72. The van der Waals surface area contributed by atoms with E-state index in [0.717, 1.165) is 60.9 Å². The number of benzene rings is 8. The second kappa shape index (κ2) is 10.6. The first-order valence-corrected chi connectivity index (χ1v) is 16.3. The van der Waals surface area contributed by atoms with Gasteiger partial charge in [-0.15, -0.1) is 0 Å². The summed E-state index contributed by atoms with van der Waals surface area (Å²) in [5.74, 6) is 0.887. The van der Waals surface area contributed by atoms with Crippen LogP contribution in [0.5, 0.6) is 0 Å². The van der Waals surface area contributed by atoms with Crippen molar-refractivity contribution in [1.82, 2.24) is 0 Å². The lowest BCUT2D eigenvalue weighted by molar-refractivity contribution is 0.632. The average molecular weight is 613 g/mol. The van der Waals surface area contributed by atoms with Crippen molar-refractivity contribution in [2.75, 3.05) is 0 Å². The molecule has 0 radical (unpaired) electrons. The summed E-state index contributed by atoms with van der Waals surface area (Å²) in [6, 6.07) is 60.1. The van der Waals surface area contributed by atoms with Crippen LogP contribution in [0.2, 0.25) is 0 Å². The Morgan fingerprint density at radius 3 is 1.35 bits per heavy atom. The van der Waals surface area contributed by atoms with Gasteiger partial charge in [-0.3, -0.25) is 0 Å². The number of para-hydroxylation sites is 1. The van der Waals surface area contributed by atoms with Gasteiger partial charge in [0.25, 0.3) is 0 Å². The summed E-state index contributed by atoms with van der Waals surface area (Å²) < 4.78 is 13.2. The van der Waals surface area contributed by atoms with Crippen LogP contribution in [0.1, 0.15) is 0 Å². The molecule has 0 amide bonds. The van der Waals surface area contributed by atoms with E-state index in [-0.39, 0.29) is 0 Å². The highest BCUT2D eigenvalue weighted by Crippen LogP contribution is 2.49. The molecule has 0 aliphatic carbocycles. The summed E-state index contributed by atoms with van der Waals surface area (Å²) in [6.07, 6.45) is 0. The summed E-state index contributed by atoms with van der Waals surface area (Å²) >= 11 is 0. The van der Waals surface area contributed by atoms with Crippen LogP contribution >= 0.6 is 0 Å². The van der Waals surface area contributed by atoms with Crippen LogP contribution in [0.15, 0.2) is 179 Å². The molecule has 2 heteroatoms. The zero-order chi connectivity index (χ0) is 31.6. The van der Waals surface area contributed by atoms with Gasteiger partial charge in [0.05, 0.1) is 0 Å². The minimum absolute atomic E-state index is 0.884. The predicted molar refractivity (Wildman–Crippen MR) is 200 cm³/mol. The van der Waals surface area contributed by atoms with Gasteiger partial charge in [-0.05, 0) is 74.1 Å². The summed E-state index contributed by atoms with van der Waals surface area (Å²) in [5.41, 5.74) is 10.7. The molecule has 10 rings (SSSR count). The standard InChI is InChI=1S/C46H28O2/c1-3-13-29(14-4-1)31-23-25-33-34-26-24-32(28-42(34)47-41(33)27-31)43-35-17-7-9-19-37(35)44(38-20-10-8-18-36(38)43)45-39-21-11-12-22-40(39)48-46(45)30-15-5-2-6-16-30/h1-28H. The predicted octanol–water partition coefficient (Wildman–Crippen LogP) is 13.3. The molecule has 0 fully saturated rings. The fraction of sp³-hybridized carbons (Fsp3) is 0. The molecule has 224 valence electrons. The van der Waals surface area contributed by atoms with Crippen LogP contribution in [0.4, 0.5) is 0 Å². The van der Waals surface area contributed by atoms with Gasteiger partial charge in [-0.2, -0.15) is 0 Å². The Labute approximate surface area is 277 Å². The van der Waals surface area contributed by atoms with E-state index in [2.05, 4.69) is 152 Å². The van der Waals surface area contributed by atoms with E-state index < -0.39 is 0 Å². The minimum Gasteiger partial charge on any atom is -0.456 e. The summed E-state index contributed by atoms with van der Waals surface area (Å²) in [5, 5.41) is 8.12. The van der Waals surface area contributed by atoms with E-state index in [1.807, 2.05) is 18.2 Å². The highest BCUT2D eigenvalue weighted by atomic mass is 16.3. The molecule has 2 heterocycles. The number of hydrogen-bond donors (Lipinski definition) is 0. The molecular formula is C46H28O2. The van der Waals surface area contributed by atoms with Crippen molar-refractivity contribution in [2.24, 2.45) is 0 Å². The molecule has 0 saturated heterocycles. The van der Waals surface area contributed by atoms with Crippen molar-refractivity contribution in [2.45, 2.75) is 0 Å². The van der Waals surface area contributed by atoms with E-state index in [1.54, 1.807) is 0 Å². The fourth-order valence-corrected chi connectivity index (χ4v) is 7.54. The molecule has 0 aliphatic rings. The van der Waals surface area contributed by atoms with Crippen molar-refractivity contribution in [1.29, 1.82) is 0 Å². The largest absolute Gasteiger partial charge is 0.456 e. The molecule has 0 spiro atoms. The summed E-state index contributed by atoms with van der Waals surface area (Å²) in [4.78, 5) is 0. The van der Waals surface area contributed by atoms with Gasteiger partial charge in [0, 0.05) is 32.8 Å². The molecule has 48 heavy (non-hydrogen) atoms. The van der Waals surface area contributed by atoms with E-state index >= 15 is 0 Å². The van der Waals surface area contributed by atoms with E-state index in [9.17, 15) is 0 Å². The lowest BCUT2D eigenvalue weighted by Crippen LogP contribution is -1.91. The number of furan rings is 2. The Kier molecular flexibility index (Phi) is 5.91. The molecule has 0 unspecified atom stereocenters. The Morgan fingerprint density at radius 1 is 0.250 bits per heavy atom. The molecule has 0 aliphatic heterocycles. The van der Waals surface area contributed by atoms with Crippen LogP contribution < -0.4 is 0 Å². The first-order chi connectivity index (χ1) is 23.8. The van der Waals surface area contributed by atoms with E-state index in [4.69, 9.17) is 8.83 Å². The highest BCUT2D eigenvalue weighted by molar-refractivity contribution is 6.25. The van der Waals surface area contributed by atoms with E-state index in [1.165, 1.54) is 38.2 Å². The monoisotopic (exact) mass is 612 g/mol. The highest BCUT2D eigenvalue weighted by Gasteiger charge is 2.24. The molecular weight excluding hydrogens is 585 g/mol. The third-order valence-corrected chi connectivity index (χ3v) is 9.68. The maximum atomic E-state index is 6.65. The molecule has 0 atom stereocenters. The van der Waals surface area contributed by atoms with Gasteiger partial charge >= 0.3 is 0 Å². The van der Waals surface area contributed by atoms with Gasteiger partial charge in [0.1, 0.15) is 22.5 Å². The number of rotatable bonds is 4. The van der Waals surface area contributed by atoms with E-state index in [0.29, 0.717) is 0 Å². The maximum Gasteiger partial charge on any atom is 0.143 e. The second-order valence-corrected chi connectivity index (χ2v) is 12.4. The summed E-state index contributed by atoms with van der Waals surface area (Å²) in [7, 11) is 0. The van der Waals surface area contributed by atoms with Gasteiger partial charge in [-0.25, -0.2) is 0 Å². The molecule has 10 aromatic rings. The van der Waals surface area contributed by atoms with Crippen molar-refractivity contribution >= 4 is 54.5 Å². The Balaban J connectivity index is 1.24. The Morgan fingerprint density at radius 2 is 0.729 bits per heavy atom. The van der Waals surface area contributed by atoms with Crippen LogP contribution in [0.3, 0.4) is 0 Å². The third-order valence-electron chi connectivity index (χ3n) is 9.68. The van der Waals surface area contributed by atoms with Crippen LogP contribution in [0.25, 0.3) is 99.2 Å².